The van der Waals surface area contributed by atoms with Crippen molar-refractivity contribution in [3.05, 3.63) is 16.9 Å². The van der Waals surface area contributed by atoms with Gasteiger partial charge in [0.05, 0.1) is 11.6 Å². The second-order valence-electron chi connectivity index (χ2n) is 1.67. The van der Waals surface area contributed by atoms with Crippen LogP contribution in [0.25, 0.3) is 0 Å². The summed E-state index contributed by atoms with van der Waals surface area (Å²) in [6.07, 6.45) is 0. The third-order valence-corrected chi connectivity index (χ3v) is 1.37. The van der Waals surface area contributed by atoms with E-state index < -0.39 is 0 Å². The molecule has 2 N–H and O–H groups in total. The third kappa shape index (κ3) is 1.72. The van der Waals surface area contributed by atoms with Crippen LogP contribution in [0.1, 0.15) is 5.69 Å². The monoisotopic (exact) mass is 177 g/mol. The van der Waals surface area contributed by atoms with Crippen LogP contribution >= 0.6 is 23.2 Å². The molecule has 1 rings (SSSR count). The van der Waals surface area contributed by atoms with Gasteiger partial charge in [-0.2, -0.15) is 0 Å². The molecule has 10 heavy (non-hydrogen) atoms. The van der Waals surface area contributed by atoms with E-state index in [4.69, 9.17) is 28.9 Å². The van der Waals surface area contributed by atoms with Gasteiger partial charge in [-0.1, -0.05) is 11.6 Å². The zero-order chi connectivity index (χ0) is 7.56. The van der Waals surface area contributed by atoms with Gasteiger partial charge >= 0.3 is 0 Å². The molecule has 0 spiro atoms. The average Bonchev–Trinajstić information content (AvgIpc) is 1.85. The van der Waals surface area contributed by atoms with E-state index in [1.54, 1.807) is 6.07 Å². The normalized spacial score (nSPS) is 9.80. The summed E-state index contributed by atoms with van der Waals surface area (Å²) in [5, 5.41) is 0.322. The predicted molar refractivity (Wildman–Crippen MR) is 41.0 cm³/mol. The van der Waals surface area contributed by atoms with E-state index in [2.05, 4.69) is 9.97 Å². The molecule has 54 valence electrons. The van der Waals surface area contributed by atoms with Crippen molar-refractivity contribution >= 4 is 29.2 Å². The van der Waals surface area contributed by atoms with E-state index in [0.717, 1.165) is 0 Å². The summed E-state index contributed by atoms with van der Waals surface area (Å²) in [6, 6.07) is 1.57. The van der Waals surface area contributed by atoms with Crippen LogP contribution in [-0.4, -0.2) is 9.97 Å². The fourth-order valence-corrected chi connectivity index (χ4v) is 0.902. The molecule has 1 aromatic rings. The first-order chi connectivity index (χ1) is 4.72. The van der Waals surface area contributed by atoms with Gasteiger partial charge in [0.1, 0.15) is 5.15 Å². The maximum Gasteiger partial charge on any atom is 0.221 e. The molecule has 0 bridgehead atoms. The lowest BCUT2D eigenvalue weighted by molar-refractivity contribution is 1.10. The largest absolute Gasteiger partial charge is 0.368 e. The lowest BCUT2D eigenvalue weighted by atomic mass is 10.5. The van der Waals surface area contributed by atoms with Gasteiger partial charge < -0.3 is 5.73 Å². The summed E-state index contributed by atoms with van der Waals surface area (Å²) >= 11 is 11.0. The van der Waals surface area contributed by atoms with E-state index in [-0.39, 0.29) is 5.95 Å². The van der Waals surface area contributed by atoms with Gasteiger partial charge in [-0.05, 0) is 6.07 Å². The number of hydrogen-bond acceptors (Lipinski definition) is 3. The summed E-state index contributed by atoms with van der Waals surface area (Å²) in [6.45, 7) is 0. The molecule has 5 heteroatoms. The Bertz CT molecular complexity index is 218. The van der Waals surface area contributed by atoms with Gasteiger partial charge in [0.25, 0.3) is 0 Å². The number of nitrogens with two attached hydrogens (primary N) is 1. The smallest absolute Gasteiger partial charge is 0.221 e. The Balaban J connectivity index is 3.06. The third-order valence-electron chi connectivity index (χ3n) is 0.902. The molecule has 0 saturated carbocycles. The number of nitrogens with zero attached hydrogens (tertiary/aromatic N) is 2. The Kier molecular flexibility index (Phi) is 2.29. The van der Waals surface area contributed by atoms with E-state index in [0.29, 0.717) is 16.7 Å². The van der Waals surface area contributed by atoms with E-state index >= 15 is 0 Å². The van der Waals surface area contributed by atoms with Crippen molar-refractivity contribution in [3.63, 3.8) is 0 Å². The van der Waals surface area contributed by atoms with Gasteiger partial charge in [-0.25, -0.2) is 9.97 Å². The molecule has 1 aromatic heterocycles. The second-order valence-corrected chi connectivity index (χ2v) is 2.33. The second kappa shape index (κ2) is 3.03. The van der Waals surface area contributed by atoms with Gasteiger partial charge in [0.15, 0.2) is 0 Å². The Morgan fingerprint density at radius 2 is 2.20 bits per heavy atom. The molecule has 0 saturated heterocycles. The number of alkyl halides is 1. The van der Waals surface area contributed by atoms with Gasteiger partial charge in [-0.3, -0.25) is 0 Å². The van der Waals surface area contributed by atoms with Crippen LogP contribution in [0.4, 0.5) is 5.95 Å². The number of hydrogen-bond donors (Lipinski definition) is 1. The number of anilines is 1. The molecular formula is C5H5Cl2N3. The van der Waals surface area contributed by atoms with Crippen molar-refractivity contribution in [2.75, 3.05) is 5.73 Å². The van der Waals surface area contributed by atoms with Crippen molar-refractivity contribution in [3.8, 4) is 0 Å². The highest BCUT2D eigenvalue weighted by atomic mass is 35.5. The Morgan fingerprint density at radius 1 is 1.50 bits per heavy atom. The van der Waals surface area contributed by atoms with Crippen LogP contribution in [0, 0.1) is 0 Å². The van der Waals surface area contributed by atoms with Crippen molar-refractivity contribution < 1.29 is 0 Å². The van der Waals surface area contributed by atoms with Crippen LogP contribution in [0.3, 0.4) is 0 Å². The number of rotatable bonds is 1. The van der Waals surface area contributed by atoms with Crippen molar-refractivity contribution in [1.82, 2.24) is 9.97 Å². The highest BCUT2D eigenvalue weighted by Gasteiger charge is 1.97. The van der Waals surface area contributed by atoms with Crippen LogP contribution in [0.15, 0.2) is 6.07 Å². The fraction of sp³-hybridized carbons (Fsp3) is 0.200. The lowest BCUT2D eigenvalue weighted by Crippen LogP contribution is -1.97. The number of halogens is 2. The number of nitrogen functional groups attached to an aromatic ring is 1. The Morgan fingerprint density at radius 3 is 2.70 bits per heavy atom. The standard InChI is InChI=1S/C5H5Cl2N3/c6-2-3-1-4(7)10-5(8)9-3/h1H,2H2,(H2,8,9,10). The topological polar surface area (TPSA) is 51.8 Å². The predicted octanol–water partition coefficient (Wildman–Crippen LogP) is 1.45. The minimum absolute atomic E-state index is 0.156. The molecule has 0 aliphatic heterocycles. The first-order valence-electron chi connectivity index (χ1n) is 2.57. The molecule has 0 atom stereocenters. The summed E-state index contributed by atoms with van der Waals surface area (Å²) < 4.78 is 0. The summed E-state index contributed by atoms with van der Waals surface area (Å²) in [4.78, 5) is 7.46. The fourth-order valence-electron chi connectivity index (χ4n) is 0.552. The summed E-state index contributed by atoms with van der Waals surface area (Å²) in [7, 11) is 0. The first kappa shape index (κ1) is 7.57. The van der Waals surface area contributed by atoms with Gasteiger partial charge in [-0.15, -0.1) is 11.6 Å². The van der Waals surface area contributed by atoms with E-state index in [1.807, 2.05) is 0 Å². The van der Waals surface area contributed by atoms with Crippen LogP contribution in [0.5, 0.6) is 0 Å². The quantitative estimate of drug-likeness (QED) is 0.523. The molecule has 0 unspecified atom stereocenters. The van der Waals surface area contributed by atoms with Crippen LogP contribution in [-0.2, 0) is 5.88 Å². The molecule has 0 aromatic carbocycles. The van der Waals surface area contributed by atoms with Gasteiger partial charge in [0.2, 0.25) is 5.95 Å². The zero-order valence-corrected chi connectivity index (χ0v) is 6.52. The summed E-state index contributed by atoms with van der Waals surface area (Å²) in [5.74, 6) is 0.454. The maximum atomic E-state index is 5.54. The Labute approximate surface area is 68.2 Å². The minimum atomic E-state index is 0.156. The first-order valence-corrected chi connectivity index (χ1v) is 3.48. The Hall–Kier alpha value is -0.540. The number of aromatic nitrogens is 2. The highest BCUT2D eigenvalue weighted by molar-refractivity contribution is 6.29. The molecule has 0 aliphatic carbocycles. The van der Waals surface area contributed by atoms with E-state index in [9.17, 15) is 0 Å². The zero-order valence-electron chi connectivity index (χ0n) is 5.01. The maximum absolute atomic E-state index is 5.54. The average molecular weight is 178 g/mol. The summed E-state index contributed by atoms with van der Waals surface area (Å²) in [5.41, 5.74) is 5.91. The van der Waals surface area contributed by atoms with Gasteiger partial charge in [0, 0.05) is 0 Å². The van der Waals surface area contributed by atoms with Crippen LogP contribution in [0.2, 0.25) is 5.15 Å². The molecule has 0 amide bonds. The van der Waals surface area contributed by atoms with Crippen molar-refractivity contribution in [2.45, 2.75) is 5.88 Å². The SMILES string of the molecule is Nc1nc(Cl)cc(CCl)n1. The molecule has 0 radical (unpaired) electrons. The van der Waals surface area contributed by atoms with Crippen molar-refractivity contribution in [1.29, 1.82) is 0 Å². The molecule has 1 heterocycles. The van der Waals surface area contributed by atoms with Crippen LogP contribution < -0.4 is 5.73 Å². The molecular weight excluding hydrogens is 173 g/mol. The molecule has 0 aliphatic rings. The molecule has 0 fully saturated rings. The lowest BCUT2D eigenvalue weighted by Gasteiger charge is -1.95. The van der Waals surface area contributed by atoms with E-state index in [1.165, 1.54) is 0 Å². The minimum Gasteiger partial charge on any atom is -0.368 e. The highest BCUT2D eigenvalue weighted by Crippen LogP contribution is 2.09. The molecule has 3 nitrogen and oxygen atoms in total. The van der Waals surface area contributed by atoms with Crippen molar-refractivity contribution in [2.24, 2.45) is 0 Å².